The molecule has 0 fully saturated rings. The Balaban J connectivity index is 2.61. The van der Waals surface area contributed by atoms with Crippen molar-refractivity contribution in [1.82, 2.24) is 0 Å². The summed E-state index contributed by atoms with van der Waals surface area (Å²) in [5, 5.41) is 19.8. The first-order chi connectivity index (χ1) is 13.5. The number of halogens is 4. The number of rotatable bonds is 4. The van der Waals surface area contributed by atoms with Crippen LogP contribution in [0.4, 0.5) is 0 Å². The van der Waals surface area contributed by atoms with Crippen molar-refractivity contribution in [2.45, 2.75) is 4.75 Å². The summed E-state index contributed by atoms with van der Waals surface area (Å²) in [6, 6.07) is 11.7. The van der Waals surface area contributed by atoms with E-state index in [1.807, 2.05) is 0 Å². The van der Waals surface area contributed by atoms with Crippen molar-refractivity contribution in [3.05, 3.63) is 91.4 Å². The Morgan fingerprint density at radius 2 is 1.34 bits per heavy atom. The number of benzene rings is 3. The van der Waals surface area contributed by atoms with E-state index in [0.717, 1.165) is 12.1 Å². The van der Waals surface area contributed by atoms with Gasteiger partial charge in [-0.2, -0.15) is 8.42 Å². The fraction of sp³-hybridized carbons (Fsp3) is 0.0526. The maximum atomic E-state index is 13.0. The van der Waals surface area contributed by atoms with Crippen molar-refractivity contribution in [3.63, 3.8) is 0 Å². The minimum absolute atomic E-state index is 0.0283. The monoisotopic (exact) mass is 492 g/mol. The van der Waals surface area contributed by atoms with Crippen LogP contribution in [0.1, 0.15) is 16.7 Å². The normalized spacial score (nSPS) is 13.8. The summed E-state index contributed by atoms with van der Waals surface area (Å²) in [6.07, 6.45) is 0. The Morgan fingerprint density at radius 1 is 0.759 bits per heavy atom. The van der Waals surface area contributed by atoms with Crippen LogP contribution in [0.5, 0.6) is 11.5 Å². The Hall–Kier alpha value is -1.67. The van der Waals surface area contributed by atoms with Gasteiger partial charge >= 0.3 is 0 Å². The van der Waals surface area contributed by atoms with Crippen molar-refractivity contribution in [1.29, 1.82) is 0 Å². The first-order valence-electron chi connectivity index (χ1n) is 7.89. The second-order valence-corrected chi connectivity index (χ2v) is 9.28. The van der Waals surface area contributed by atoms with Crippen molar-refractivity contribution >= 4 is 56.5 Å². The minimum Gasteiger partial charge on any atom is -0.504 e. The third-order valence-electron chi connectivity index (χ3n) is 4.41. The summed E-state index contributed by atoms with van der Waals surface area (Å²) in [7, 11) is -5.05. The second-order valence-electron chi connectivity index (χ2n) is 6.09. The molecule has 3 aromatic rings. The molecule has 0 aliphatic rings. The molecule has 0 bridgehead atoms. The molecule has 3 rings (SSSR count). The van der Waals surface area contributed by atoms with Crippen molar-refractivity contribution in [2.75, 3.05) is 0 Å². The summed E-state index contributed by atoms with van der Waals surface area (Å²) >= 11 is 24.7. The average Bonchev–Trinajstić information content (AvgIpc) is 2.63. The molecule has 0 aliphatic carbocycles. The quantitative estimate of drug-likeness (QED) is 0.239. The third-order valence-corrected chi connectivity index (χ3v) is 7.25. The Bertz CT molecular complexity index is 1200. The van der Waals surface area contributed by atoms with Gasteiger partial charge in [0.1, 0.15) is 0 Å². The lowest BCUT2D eigenvalue weighted by Gasteiger charge is -2.34. The molecule has 3 N–H and O–H groups in total. The summed E-state index contributed by atoms with van der Waals surface area (Å²) in [4.78, 5) is 0. The number of phenols is 2. The van der Waals surface area contributed by atoms with E-state index in [0.29, 0.717) is 5.02 Å². The fourth-order valence-electron chi connectivity index (χ4n) is 3.16. The van der Waals surface area contributed by atoms with Crippen molar-refractivity contribution in [3.8, 4) is 11.5 Å². The zero-order chi connectivity index (χ0) is 21.6. The van der Waals surface area contributed by atoms with Crippen LogP contribution < -0.4 is 0 Å². The molecule has 0 amide bonds. The van der Waals surface area contributed by atoms with Gasteiger partial charge in [-0.1, -0.05) is 70.7 Å². The zero-order valence-electron chi connectivity index (χ0n) is 14.3. The van der Waals surface area contributed by atoms with E-state index in [4.69, 9.17) is 46.4 Å². The Labute approximate surface area is 186 Å². The van der Waals surface area contributed by atoms with Gasteiger partial charge in [0.25, 0.3) is 10.1 Å². The standard InChI is InChI=1S/C19H12Cl4O5S/c20-11-6-4-10(5-7-11)19(29(26,27)28,12-2-1-3-14(21)18(12)23)13-8-16(24)17(25)9-15(13)22/h1-9,24-25H,(H,26,27,28). The Morgan fingerprint density at radius 3 is 1.93 bits per heavy atom. The molecule has 0 aromatic heterocycles. The molecule has 1 atom stereocenters. The van der Waals surface area contributed by atoms with Gasteiger partial charge in [0.15, 0.2) is 16.2 Å². The molecule has 0 spiro atoms. The summed E-state index contributed by atoms with van der Waals surface area (Å²) in [5.41, 5.74) is -0.326. The molecular weight excluding hydrogens is 482 g/mol. The van der Waals surface area contributed by atoms with Crippen LogP contribution in [0.2, 0.25) is 20.1 Å². The number of phenolic OH excluding ortho intramolecular Hbond substituents is 2. The van der Waals surface area contributed by atoms with Gasteiger partial charge in [0.05, 0.1) is 15.1 Å². The van der Waals surface area contributed by atoms with E-state index < -0.39 is 26.4 Å². The van der Waals surface area contributed by atoms with Crippen LogP contribution in [-0.4, -0.2) is 23.2 Å². The molecule has 29 heavy (non-hydrogen) atoms. The maximum absolute atomic E-state index is 13.0. The van der Waals surface area contributed by atoms with E-state index in [-0.39, 0.29) is 31.8 Å². The van der Waals surface area contributed by atoms with Gasteiger partial charge < -0.3 is 10.2 Å². The molecule has 152 valence electrons. The van der Waals surface area contributed by atoms with Gasteiger partial charge in [-0.15, -0.1) is 0 Å². The SMILES string of the molecule is O=S(=O)(O)C(c1ccc(Cl)cc1)(c1cc(O)c(O)cc1Cl)c1cccc(Cl)c1Cl. The highest BCUT2D eigenvalue weighted by Crippen LogP contribution is 2.51. The van der Waals surface area contributed by atoms with Crippen LogP contribution in [-0.2, 0) is 14.9 Å². The van der Waals surface area contributed by atoms with Crippen molar-refractivity contribution in [2.24, 2.45) is 0 Å². The molecule has 1 unspecified atom stereocenters. The summed E-state index contributed by atoms with van der Waals surface area (Å²) in [5.74, 6) is -1.22. The largest absolute Gasteiger partial charge is 0.504 e. The smallest absolute Gasteiger partial charge is 0.283 e. The van der Waals surface area contributed by atoms with Gasteiger partial charge in [-0.25, -0.2) is 0 Å². The molecule has 3 aromatic carbocycles. The molecule has 0 saturated heterocycles. The molecule has 0 radical (unpaired) electrons. The van der Waals surface area contributed by atoms with Crippen LogP contribution in [0.15, 0.2) is 54.6 Å². The lowest BCUT2D eigenvalue weighted by atomic mass is 9.83. The highest BCUT2D eigenvalue weighted by molar-refractivity contribution is 7.87. The van der Waals surface area contributed by atoms with E-state index in [2.05, 4.69) is 0 Å². The third kappa shape index (κ3) is 3.65. The predicted octanol–water partition coefficient (Wildman–Crippen LogP) is 5.89. The molecule has 0 heterocycles. The minimum atomic E-state index is -5.05. The molecule has 5 nitrogen and oxygen atoms in total. The topological polar surface area (TPSA) is 94.8 Å². The first kappa shape index (κ1) is 22.0. The van der Waals surface area contributed by atoms with Crippen LogP contribution >= 0.6 is 46.4 Å². The number of hydrogen-bond donors (Lipinski definition) is 3. The highest BCUT2D eigenvalue weighted by Gasteiger charge is 2.51. The number of aromatic hydroxyl groups is 2. The van der Waals surface area contributed by atoms with E-state index in [9.17, 15) is 23.2 Å². The summed E-state index contributed by atoms with van der Waals surface area (Å²) in [6.45, 7) is 0. The van der Waals surface area contributed by atoms with E-state index in [1.165, 1.54) is 42.5 Å². The van der Waals surface area contributed by atoms with Crippen LogP contribution in [0.3, 0.4) is 0 Å². The maximum Gasteiger partial charge on any atom is 0.283 e. The Kier molecular flexibility index (Phi) is 5.98. The van der Waals surface area contributed by atoms with Gasteiger partial charge in [0.2, 0.25) is 0 Å². The highest BCUT2D eigenvalue weighted by atomic mass is 35.5. The van der Waals surface area contributed by atoms with Gasteiger partial charge in [-0.05, 0) is 29.8 Å². The zero-order valence-corrected chi connectivity index (χ0v) is 18.1. The first-order valence-corrected chi connectivity index (χ1v) is 10.8. The molecule has 0 aliphatic heterocycles. The lowest BCUT2D eigenvalue weighted by molar-refractivity contribution is 0.402. The van der Waals surface area contributed by atoms with Crippen molar-refractivity contribution < 1.29 is 23.2 Å². The molecule has 0 saturated carbocycles. The van der Waals surface area contributed by atoms with Gasteiger partial charge in [0, 0.05) is 22.2 Å². The van der Waals surface area contributed by atoms with E-state index in [1.54, 1.807) is 0 Å². The molecular formula is C19H12Cl4O5S. The van der Waals surface area contributed by atoms with Crippen LogP contribution in [0, 0.1) is 0 Å². The predicted molar refractivity (Wildman–Crippen MR) is 114 cm³/mol. The molecule has 10 heteroatoms. The fourth-order valence-corrected chi connectivity index (χ4v) is 5.47. The van der Waals surface area contributed by atoms with E-state index >= 15 is 0 Å². The van der Waals surface area contributed by atoms with Gasteiger partial charge in [-0.3, -0.25) is 4.55 Å². The average molecular weight is 494 g/mol. The second kappa shape index (κ2) is 7.87. The number of hydrogen-bond acceptors (Lipinski definition) is 4. The summed E-state index contributed by atoms with van der Waals surface area (Å²) < 4.78 is 34.0. The van der Waals surface area contributed by atoms with Crippen LogP contribution in [0.25, 0.3) is 0 Å². The lowest BCUT2D eigenvalue weighted by Crippen LogP contribution is -2.38.